The van der Waals surface area contributed by atoms with Gasteiger partial charge in [0.1, 0.15) is 0 Å². The Balaban J connectivity index is 2.72. The molecule has 0 saturated heterocycles. The molecule has 1 rings (SSSR count). The summed E-state index contributed by atoms with van der Waals surface area (Å²) in [6.45, 7) is 4.16. The third-order valence-corrected chi connectivity index (χ3v) is 2.40. The third-order valence-electron chi connectivity index (χ3n) is 2.07. The predicted octanol–water partition coefficient (Wildman–Crippen LogP) is 3.00. The molecule has 0 atom stereocenters. The summed E-state index contributed by atoms with van der Waals surface area (Å²) in [6, 6.07) is 0.852. The van der Waals surface area contributed by atoms with Crippen molar-refractivity contribution in [1.29, 1.82) is 0 Å². The van der Waals surface area contributed by atoms with Gasteiger partial charge in [-0.15, -0.1) is 0 Å². The van der Waals surface area contributed by atoms with Gasteiger partial charge in [0, 0.05) is 19.0 Å². The van der Waals surface area contributed by atoms with Crippen molar-refractivity contribution in [2.75, 3.05) is 13.7 Å². The van der Waals surface area contributed by atoms with Crippen LogP contribution in [0.25, 0.3) is 0 Å². The lowest BCUT2D eigenvalue weighted by Crippen LogP contribution is -2.17. The van der Waals surface area contributed by atoms with E-state index in [1.807, 2.05) is 0 Å². The highest BCUT2D eigenvalue weighted by molar-refractivity contribution is 6.31. The van der Waals surface area contributed by atoms with Crippen LogP contribution in [-0.4, -0.2) is 18.7 Å². The Labute approximate surface area is 108 Å². The number of hydrogen-bond acceptors (Lipinski definition) is 3. The van der Waals surface area contributed by atoms with Crippen LogP contribution in [0.2, 0.25) is 5.02 Å². The van der Waals surface area contributed by atoms with E-state index in [2.05, 4.69) is 16.9 Å². The average molecular weight is 281 g/mol. The van der Waals surface area contributed by atoms with Crippen LogP contribution in [0.1, 0.15) is 11.3 Å². The third kappa shape index (κ3) is 4.19. The van der Waals surface area contributed by atoms with E-state index in [0.717, 1.165) is 12.3 Å². The van der Waals surface area contributed by atoms with E-state index in [4.69, 9.17) is 16.3 Å². The molecular weight excluding hydrogens is 269 g/mol. The molecule has 0 bridgehead atoms. The fourth-order valence-corrected chi connectivity index (χ4v) is 1.42. The number of hydrogen-bond donors (Lipinski definition) is 1. The monoisotopic (exact) mass is 280 g/mol. The summed E-state index contributed by atoms with van der Waals surface area (Å²) in [5.41, 5.74) is 0.0455. The molecule has 0 radical (unpaired) electrons. The van der Waals surface area contributed by atoms with Crippen LogP contribution in [0.15, 0.2) is 24.5 Å². The Bertz CT molecular complexity index is 435. The standard InChI is InChI=1S/C11H12ClF3N2O/c1-7(6-18-2)16-5-10-9(12)3-8(4-17-10)11(13,14)15/h3-4,16H,1,5-6H2,2H3. The summed E-state index contributed by atoms with van der Waals surface area (Å²) < 4.78 is 41.9. The van der Waals surface area contributed by atoms with Gasteiger partial charge in [-0.2, -0.15) is 13.2 Å². The number of ether oxygens (including phenoxy) is 1. The van der Waals surface area contributed by atoms with Crippen molar-refractivity contribution in [2.45, 2.75) is 12.7 Å². The number of alkyl halides is 3. The maximum Gasteiger partial charge on any atom is 0.417 e. The highest BCUT2D eigenvalue weighted by Gasteiger charge is 2.31. The van der Waals surface area contributed by atoms with Crippen molar-refractivity contribution >= 4 is 11.6 Å². The van der Waals surface area contributed by atoms with E-state index in [9.17, 15) is 13.2 Å². The molecule has 1 aromatic heterocycles. The predicted molar refractivity (Wildman–Crippen MR) is 62.1 cm³/mol. The van der Waals surface area contributed by atoms with Gasteiger partial charge >= 0.3 is 6.18 Å². The molecule has 7 heteroatoms. The molecule has 18 heavy (non-hydrogen) atoms. The summed E-state index contributed by atoms with van der Waals surface area (Å²) in [4.78, 5) is 3.68. The maximum absolute atomic E-state index is 12.4. The molecule has 100 valence electrons. The number of pyridine rings is 1. The largest absolute Gasteiger partial charge is 0.417 e. The highest BCUT2D eigenvalue weighted by Crippen LogP contribution is 2.30. The Morgan fingerprint density at radius 1 is 1.56 bits per heavy atom. The maximum atomic E-state index is 12.4. The van der Waals surface area contributed by atoms with Crippen LogP contribution in [0.3, 0.4) is 0 Å². The van der Waals surface area contributed by atoms with Crippen molar-refractivity contribution in [3.8, 4) is 0 Å². The molecule has 3 nitrogen and oxygen atoms in total. The van der Waals surface area contributed by atoms with Crippen LogP contribution in [0.4, 0.5) is 13.2 Å². The second-order valence-electron chi connectivity index (χ2n) is 3.54. The Kier molecular flexibility index (Phi) is 4.98. The van der Waals surface area contributed by atoms with E-state index in [-0.39, 0.29) is 11.6 Å². The number of aromatic nitrogens is 1. The molecule has 0 amide bonds. The lowest BCUT2D eigenvalue weighted by molar-refractivity contribution is -0.137. The van der Waals surface area contributed by atoms with E-state index in [1.165, 1.54) is 7.11 Å². The zero-order chi connectivity index (χ0) is 13.8. The Morgan fingerprint density at radius 2 is 2.22 bits per heavy atom. The van der Waals surface area contributed by atoms with Crippen molar-refractivity contribution in [3.63, 3.8) is 0 Å². The lowest BCUT2D eigenvalue weighted by atomic mass is 10.2. The van der Waals surface area contributed by atoms with Gasteiger partial charge in [-0.3, -0.25) is 4.98 Å². The Hall–Kier alpha value is -1.27. The molecule has 0 saturated carbocycles. The molecule has 1 N–H and O–H groups in total. The molecule has 0 aliphatic heterocycles. The fourth-order valence-electron chi connectivity index (χ4n) is 1.19. The minimum Gasteiger partial charge on any atom is -0.381 e. The van der Waals surface area contributed by atoms with Gasteiger partial charge in [0.15, 0.2) is 0 Å². The number of nitrogens with zero attached hydrogens (tertiary/aromatic N) is 1. The summed E-state index contributed by atoms with van der Waals surface area (Å²) in [7, 11) is 1.51. The van der Waals surface area contributed by atoms with Gasteiger partial charge in [-0.25, -0.2) is 0 Å². The topological polar surface area (TPSA) is 34.1 Å². The molecular formula is C11H12ClF3N2O. The first-order valence-electron chi connectivity index (χ1n) is 4.96. The van der Waals surface area contributed by atoms with Crippen molar-refractivity contribution in [3.05, 3.63) is 40.8 Å². The van der Waals surface area contributed by atoms with Crippen molar-refractivity contribution < 1.29 is 17.9 Å². The first kappa shape index (κ1) is 14.8. The zero-order valence-corrected chi connectivity index (χ0v) is 10.4. The zero-order valence-electron chi connectivity index (χ0n) is 9.64. The van der Waals surface area contributed by atoms with E-state index < -0.39 is 11.7 Å². The molecule has 1 aromatic rings. The lowest BCUT2D eigenvalue weighted by Gasteiger charge is -2.11. The van der Waals surface area contributed by atoms with E-state index in [0.29, 0.717) is 18.0 Å². The van der Waals surface area contributed by atoms with Gasteiger partial charge < -0.3 is 10.1 Å². The van der Waals surface area contributed by atoms with Crippen LogP contribution in [-0.2, 0) is 17.5 Å². The van der Waals surface area contributed by atoms with Crippen LogP contribution in [0, 0.1) is 0 Å². The fraction of sp³-hybridized carbons (Fsp3) is 0.364. The van der Waals surface area contributed by atoms with E-state index >= 15 is 0 Å². The summed E-state index contributed by atoms with van der Waals surface area (Å²) >= 11 is 5.73. The average Bonchev–Trinajstić information content (AvgIpc) is 2.26. The van der Waals surface area contributed by atoms with Gasteiger partial charge in [-0.05, 0) is 6.07 Å². The number of halogens is 4. The van der Waals surface area contributed by atoms with Crippen LogP contribution < -0.4 is 5.32 Å². The van der Waals surface area contributed by atoms with Gasteiger partial charge in [0.05, 0.1) is 29.4 Å². The molecule has 0 unspecified atom stereocenters. The molecule has 0 aromatic carbocycles. The second-order valence-corrected chi connectivity index (χ2v) is 3.95. The normalized spacial score (nSPS) is 11.4. The number of nitrogens with one attached hydrogen (secondary N) is 1. The molecule has 1 heterocycles. The van der Waals surface area contributed by atoms with Crippen molar-refractivity contribution in [2.24, 2.45) is 0 Å². The van der Waals surface area contributed by atoms with Gasteiger partial charge in [-0.1, -0.05) is 18.2 Å². The summed E-state index contributed by atoms with van der Waals surface area (Å²) in [6.07, 6.45) is -3.69. The second kappa shape index (κ2) is 6.06. The van der Waals surface area contributed by atoms with Crippen molar-refractivity contribution in [1.82, 2.24) is 10.3 Å². The SMILES string of the molecule is C=C(COC)NCc1ncc(C(F)(F)F)cc1Cl. The number of methoxy groups -OCH3 is 1. The minimum atomic E-state index is -4.44. The van der Waals surface area contributed by atoms with Gasteiger partial charge in [0.2, 0.25) is 0 Å². The number of rotatable bonds is 5. The molecule has 0 aliphatic rings. The highest BCUT2D eigenvalue weighted by atomic mass is 35.5. The summed E-state index contributed by atoms with van der Waals surface area (Å²) in [5.74, 6) is 0. The first-order valence-corrected chi connectivity index (χ1v) is 5.34. The molecule has 0 fully saturated rings. The smallest absolute Gasteiger partial charge is 0.381 e. The Morgan fingerprint density at radius 3 is 2.72 bits per heavy atom. The van der Waals surface area contributed by atoms with E-state index in [1.54, 1.807) is 0 Å². The van der Waals surface area contributed by atoms with Crippen LogP contribution >= 0.6 is 11.6 Å². The molecule has 0 spiro atoms. The first-order chi connectivity index (χ1) is 8.34. The summed E-state index contributed by atoms with van der Waals surface area (Å²) in [5, 5.41) is 2.81. The van der Waals surface area contributed by atoms with Gasteiger partial charge in [0.25, 0.3) is 0 Å². The quantitative estimate of drug-likeness (QED) is 0.900. The minimum absolute atomic E-state index is 0.0393. The van der Waals surface area contributed by atoms with Crippen LogP contribution in [0.5, 0.6) is 0 Å². The molecule has 0 aliphatic carbocycles.